The van der Waals surface area contributed by atoms with Gasteiger partial charge in [-0.25, -0.2) is 4.79 Å². The molecule has 30 heavy (non-hydrogen) atoms. The molecule has 1 aliphatic heterocycles. The summed E-state index contributed by atoms with van der Waals surface area (Å²) in [5.74, 6) is -1.46. The van der Waals surface area contributed by atoms with Crippen molar-refractivity contribution in [3.63, 3.8) is 0 Å². The van der Waals surface area contributed by atoms with E-state index in [9.17, 15) is 22.8 Å². The number of alkyl halides is 3. The summed E-state index contributed by atoms with van der Waals surface area (Å²) in [5, 5.41) is 0.550. The first-order chi connectivity index (χ1) is 14.0. The maximum atomic E-state index is 13.1. The van der Waals surface area contributed by atoms with Crippen LogP contribution in [0.25, 0.3) is 6.08 Å². The number of anilines is 1. The number of hydrogen-bond acceptors (Lipinski definition) is 3. The van der Waals surface area contributed by atoms with Gasteiger partial charge in [0.15, 0.2) is 0 Å². The predicted molar refractivity (Wildman–Crippen MR) is 108 cm³/mol. The van der Waals surface area contributed by atoms with Crippen LogP contribution >= 0.6 is 23.2 Å². The summed E-state index contributed by atoms with van der Waals surface area (Å²) in [4.78, 5) is 26.5. The lowest BCUT2D eigenvalue weighted by atomic mass is 10.0. The van der Waals surface area contributed by atoms with Crippen molar-refractivity contribution in [1.82, 2.24) is 0 Å². The second-order valence-electron chi connectivity index (χ2n) is 6.37. The number of ether oxygens (including phenoxy) is 1. The molecule has 1 amide bonds. The molecule has 156 valence electrons. The van der Waals surface area contributed by atoms with Crippen molar-refractivity contribution < 1.29 is 27.5 Å². The maximum absolute atomic E-state index is 13.1. The lowest BCUT2D eigenvalue weighted by Crippen LogP contribution is -2.24. The quantitative estimate of drug-likeness (QED) is 0.428. The van der Waals surface area contributed by atoms with Crippen molar-refractivity contribution >= 4 is 46.8 Å². The summed E-state index contributed by atoms with van der Waals surface area (Å²) < 4.78 is 44.1. The molecular formula is C21H14Cl2F3NO3. The molecular weight excluding hydrogens is 442 g/mol. The van der Waals surface area contributed by atoms with Crippen LogP contribution in [0.5, 0.6) is 0 Å². The molecule has 0 spiro atoms. The summed E-state index contributed by atoms with van der Waals surface area (Å²) >= 11 is 11.9. The van der Waals surface area contributed by atoms with E-state index in [0.717, 1.165) is 24.1 Å². The maximum Gasteiger partial charge on any atom is 0.416 e. The molecule has 0 aromatic heterocycles. The molecule has 0 fully saturated rings. The number of carbonyl (C=O) groups is 2. The average molecular weight is 456 g/mol. The van der Waals surface area contributed by atoms with Crippen LogP contribution in [0.4, 0.5) is 18.9 Å². The summed E-state index contributed by atoms with van der Waals surface area (Å²) in [7, 11) is 1.15. The third-order valence-electron chi connectivity index (χ3n) is 4.48. The Balaban J connectivity index is 2.15. The van der Waals surface area contributed by atoms with Crippen LogP contribution in [-0.2, 0) is 20.5 Å². The highest BCUT2D eigenvalue weighted by Crippen LogP contribution is 2.38. The second-order valence-corrected chi connectivity index (χ2v) is 7.19. The Labute approximate surface area is 180 Å². The number of hydrogen-bond donors (Lipinski definition) is 0. The molecule has 0 unspecified atom stereocenters. The van der Waals surface area contributed by atoms with E-state index < -0.39 is 23.6 Å². The number of amides is 1. The number of rotatable bonds is 3. The van der Waals surface area contributed by atoms with Gasteiger partial charge >= 0.3 is 12.1 Å². The zero-order chi connectivity index (χ0) is 22.2. The first-order valence-corrected chi connectivity index (χ1v) is 9.28. The average Bonchev–Trinajstić information content (AvgIpc) is 2.93. The molecule has 4 nitrogen and oxygen atoms in total. The van der Waals surface area contributed by atoms with Gasteiger partial charge in [0.1, 0.15) is 0 Å². The van der Waals surface area contributed by atoms with Gasteiger partial charge in [-0.1, -0.05) is 35.3 Å². The largest absolute Gasteiger partial charge is 0.465 e. The number of methoxy groups -OCH3 is 1. The fourth-order valence-corrected chi connectivity index (χ4v) is 3.39. The topological polar surface area (TPSA) is 46.6 Å². The summed E-state index contributed by atoms with van der Waals surface area (Å²) in [6, 6.07) is 8.90. The summed E-state index contributed by atoms with van der Waals surface area (Å²) in [5.41, 5.74) is -0.389. The molecule has 0 saturated heterocycles. The molecule has 1 heterocycles. The van der Waals surface area contributed by atoms with E-state index in [1.165, 1.54) is 37.3 Å². The van der Waals surface area contributed by atoms with Crippen molar-refractivity contribution in [2.45, 2.75) is 13.1 Å². The van der Waals surface area contributed by atoms with Gasteiger partial charge in [0.05, 0.1) is 33.9 Å². The lowest BCUT2D eigenvalue weighted by Gasteiger charge is -2.19. The van der Waals surface area contributed by atoms with Crippen LogP contribution in [-0.4, -0.2) is 19.0 Å². The number of allylic oxidation sites excluding steroid dienone is 1. The Morgan fingerprint density at radius 3 is 2.40 bits per heavy atom. The standard InChI is InChI=1S/C21H14Cl2F3NO3/c1-11-18(20(29)30-2)15(8-12-6-7-16(22)17(23)9-12)19(28)27(11)14-5-3-4-13(10-14)21(24,25)26/h3-10H,1-2H3/b15-8-. The Morgan fingerprint density at radius 1 is 1.10 bits per heavy atom. The molecule has 1 aliphatic rings. The number of esters is 1. The second kappa shape index (κ2) is 8.16. The molecule has 0 aliphatic carbocycles. The van der Waals surface area contributed by atoms with Crippen LogP contribution in [0.3, 0.4) is 0 Å². The number of carbonyl (C=O) groups excluding carboxylic acids is 2. The van der Waals surface area contributed by atoms with Gasteiger partial charge in [0.2, 0.25) is 0 Å². The molecule has 0 atom stereocenters. The summed E-state index contributed by atoms with van der Waals surface area (Å²) in [6.07, 6.45) is -3.17. The molecule has 2 aromatic rings. The van der Waals surface area contributed by atoms with Crippen molar-refractivity contribution in [2.24, 2.45) is 0 Å². The van der Waals surface area contributed by atoms with Gasteiger partial charge < -0.3 is 4.74 Å². The van der Waals surface area contributed by atoms with Gasteiger partial charge in [-0.15, -0.1) is 0 Å². The van der Waals surface area contributed by atoms with Crippen molar-refractivity contribution in [3.8, 4) is 0 Å². The molecule has 0 bridgehead atoms. The van der Waals surface area contributed by atoms with Gasteiger partial charge in [0, 0.05) is 11.4 Å². The van der Waals surface area contributed by atoms with Gasteiger partial charge in [-0.3, -0.25) is 9.69 Å². The monoisotopic (exact) mass is 455 g/mol. The third-order valence-corrected chi connectivity index (χ3v) is 5.21. The first-order valence-electron chi connectivity index (χ1n) is 8.52. The van der Waals surface area contributed by atoms with Crippen LogP contribution in [0, 0.1) is 0 Å². The predicted octanol–water partition coefficient (Wildman–Crippen LogP) is 5.89. The van der Waals surface area contributed by atoms with Crippen molar-refractivity contribution in [3.05, 3.63) is 80.5 Å². The highest BCUT2D eigenvalue weighted by molar-refractivity contribution is 6.42. The number of halogens is 5. The highest BCUT2D eigenvalue weighted by atomic mass is 35.5. The zero-order valence-electron chi connectivity index (χ0n) is 15.7. The van der Waals surface area contributed by atoms with Crippen LogP contribution in [0.15, 0.2) is 59.3 Å². The van der Waals surface area contributed by atoms with E-state index in [0.29, 0.717) is 10.6 Å². The van der Waals surface area contributed by atoms with Gasteiger partial charge in [-0.05, 0) is 48.9 Å². The van der Waals surface area contributed by atoms with E-state index in [-0.39, 0.29) is 27.6 Å². The minimum Gasteiger partial charge on any atom is -0.465 e. The normalized spacial score (nSPS) is 15.9. The fraction of sp³-hybridized carbons (Fsp3) is 0.143. The van der Waals surface area contributed by atoms with Gasteiger partial charge in [-0.2, -0.15) is 13.2 Å². The van der Waals surface area contributed by atoms with Crippen LogP contribution in [0.2, 0.25) is 10.0 Å². The van der Waals surface area contributed by atoms with E-state index in [2.05, 4.69) is 0 Å². The molecule has 0 radical (unpaired) electrons. The molecule has 9 heteroatoms. The van der Waals surface area contributed by atoms with Crippen molar-refractivity contribution in [2.75, 3.05) is 12.0 Å². The smallest absolute Gasteiger partial charge is 0.416 e. The van der Waals surface area contributed by atoms with Crippen LogP contribution < -0.4 is 4.90 Å². The molecule has 2 aromatic carbocycles. The third kappa shape index (κ3) is 4.08. The number of nitrogens with zero attached hydrogens (tertiary/aromatic N) is 1. The molecule has 0 N–H and O–H groups in total. The summed E-state index contributed by atoms with van der Waals surface area (Å²) in [6.45, 7) is 1.46. The molecule has 0 saturated carbocycles. The van der Waals surface area contributed by atoms with Crippen LogP contribution in [0.1, 0.15) is 18.1 Å². The lowest BCUT2D eigenvalue weighted by molar-refractivity contribution is -0.137. The SMILES string of the molecule is COC(=O)C1=C(C)N(c2cccc(C(F)(F)F)c2)C(=O)/C1=C\c1ccc(Cl)c(Cl)c1. The minimum absolute atomic E-state index is 0.0220. The number of benzene rings is 2. The Morgan fingerprint density at radius 2 is 1.80 bits per heavy atom. The molecule has 3 rings (SSSR count). The van der Waals surface area contributed by atoms with E-state index >= 15 is 0 Å². The first kappa shape index (κ1) is 21.9. The van der Waals surface area contributed by atoms with Gasteiger partial charge in [0.25, 0.3) is 5.91 Å². The zero-order valence-corrected chi connectivity index (χ0v) is 17.2. The highest BCUT2D eigenvalue weighted by Gasteiger charge is 2.39. The van der Waals surface area contributed by atoms with Crippen molar-refractivity contribution in [1.29, 1.82) is 0 Å². The van der Waals surface area contributed by atoms with E-state index in [1.807, 2.05) is 0 Å². The van der Waals surface area contributed by atoms with E-state index in [4.69, 9.17) is 27.9 Å². The Kier molecular flexibility index (Phi) is 5.97. The Hall–Kier alpha value is -2.77. The minimum atomic E-state index is -4.58. The fourth-order valence-electron chi connectivity index (χ4n) is 3.08. The Bertz CT molecular complexity index is 1110. The van der Waals surface area contributed by atoms with E-state index in [1.54, 1.807) is 6.07 Å².